The summed E-state index contributed by atoms with van der Waals surface area (Å²) < 4.78 is 36.2. The Bertz CT molecular complexity index is 253. The van der Waals surface area contributed by atoms with Crippen molar-refractivity contribution in [2.75, 3.05) is 19.6 Å². The van der Waals surface area contributed by atoms with Crippen LogP contribution in [0.15, 0.2) is 0 Å². The number of carbonyl (C=O) groups is 1. The Morgan fingerprint density at radius 2 is 2.14 bits per heavy atom. The molecule has 0 bridgehead atoms. The average molecular weight is 208 g/mol. The molecule has 1 amide bonds. The van der Waals surface area contributed by atoms with E-state index in [1.54, 1.807) is 0 Å². The summed E-state index contributed by atoms with van der Waals surface area (Å²) >= 11 is 0. The maximum absolute atomic E-state index is 12.1. The zero-order chi connectivity index (χ0) is 10.3. The maximum atomic E-state index is 12.1. The lowest BCUT2D eigenvalue weighted by molar-refractivity contribution is -0.188. The summed E-state index contributed by atoms with van der Waals surface area (Å²) in [4.78, 5) is 11.8. The summed E-state index contributed by atoms with van der Waals surface area (Å²) in [5.74, 6) is -1.47. The van der Waals surface area contributed by atoms with Crippen molar-refractivity contribution in [2.24, 2.45) is 5.92 Å². The fourth-order valence-corrected chi connectivity index (χ4v) is 2.01. The van der Waals surface area contributed by atoms with Gasteiger partial charge in [0.05, 0.1) is 0 Å². The van der Waals surface area contributed by atoms with Crippen molar-refractivity contribution >= 4 is 5.91 Å². The number of rotatable bonds is 0. The van der Waals surface area contributed by atoms with E-state index in [-0.39, 0.29) is 19.0 Å². The molecule has 0 radical (unpaired) electrons. The smallest absolute Gasteiger partial charge is 0.334 e. The normalized spacial score (nSPS) is 32.1. The molecule has 2 atom stereocenters. The van der Waals surface area contributed by atoms with E-state index < -0.39 is 12.1 Å². The van der Waals surface area contributed by atoms with Gasteiger partial charge in [0, 0.05) is 31.6 Å². The number of nitrogens with one attached hydrogen (secondary N) is 1. The van der Waals surface area contributed by atoms with Crippen LogP contribution in [0.3, 0.4) is 0 Å². The van der Waals surface area contributed by atoms with Crippen molar-refractivity contribution in [2.45, 2.75) is 18.6 Å². The number of carbonyl (C=O) groups excluding carboxylic acids is 1. The second-order valence-corrected chi connectivity index (χ2v) is 3.81. The van der Waals surface area contributed by atoms with Gasteiger partial charge in [-0.25, -0.2) is 0 Å². The molecule has 6 heteroatoms. The number of hydrogen-bond acceptors (Lipinski definition) is 2. The van der Waals surface area contributed by atoms with E-state index in [1.165, 1.54) is 0 Å². The molecule has 0 aromatic rings. The van der Waals surface area contributed by atoms with E-state index in [0.29, 0.717) is 12.5 Å². The van der Waals surface area contributed by atoms with Crippen molar-refractivity contribution < 1.29 is 18.0 Å². The van der Waals surface area contributed by atoms with Gasteiger partial charge in [-0.3, -0.25) is 4.79 Å². The van der Waals surface area contributed by atoms with Crippen LogP contribution < -0.4 is 5.32 Å². The zero-order valence-electron chi connectivity index (χ0n) is 7.47. The van der Waals surface area contributed by atoms with Crippen LogP contribution in [-0.4, -0.2) is 42.7 Å². The van der Waals surface area contributed by atoms with Crippen molar-refractivity contribution in [3.8, 4) is 0 Å². The van der Waals surface area contributed by atoms with Gasteiger partial charge in [-0.1, -0.05) is 0 Å². The Morgan fingerprint density at radius 1 is 1.43 bits per heavy atom. The molecule has 2 unspecified atom stereocenters. The molecule has 1 N–H and O–H groups in total. The Balaban J connectivity index is 1.96. The minimum Gasteiger partial charge on any atom is -0.334 e. The summed E-state index contributed by atoms with van der Waals surface area (Å²) in [6.07, 6.45) is -4.09. The van der Waals surface area contributed by atoms with E-state index in [2.05, 4.69) is 5.32 Å². The molecule has 0 aliphatic carbocycles. The van der Waals surface area contributed by atoms with E-state index in [0.717, 1.165) is 11.4 Å². The first kappa shape index (κ1) is 9.76. The molecule has 0 aromatic carbocycles. The SMILES string of the molecule is O=C(N1CCC2NCC2C1)C(F)(F)F. The predicted octanol–water partition coefficient (Wildman–Crippen LogP) is 0.369. The van der Waals surface area contributed by atoms with Crippen LogP contribution in [0.2, 0.25) is 0 Å². The number of piperidine rings is 1. The summed E-state index contributed by atoms with van der Waals surface area (Å²) in [7, 11) is 0. The van der Waals surface area contributed by atoms with Gasteiger partial charge < -0.3 is 10.2 Å². The van der Waals surface area contributed by atoms with Crippen LogP contribution in [0.25, 0.3) is 0 Å². The predicted molar refractivity (Wildman–Crippen MR) is 42.5 cm³/mol. The minimum atomic E-state index is -4.72. The van der Waals surface area contributed by atoms with E-state index >= 15 is 0 Å². The average Bonchev–Trinajstić information content (AvgIpc) is 2.04. The van der Waals surface area contributed by atoms with Gasteiger partial charge in [0.15, 0.2) is 0 Å². The van der Waals surface area contributed by atoms with Gasteiger partial charge in [-0.05, 0) is 6.42 Å². The molecule has 2 saturated heterocycles. The highest BCUT2D eigenvalue weighted by molar-refractivity contribution is 5.82. The summed E-state index contributed by atoms with van der Waals surface area (Å²) in [6.45, 7) is 1.19. The van der Waals surface area contributed by atoms with E-state index in [9.17, 15) is 18.0 Å². The number of alkyl halides is 3. The topological polar surface area (TPSA) is 32.3 Å². The van der Waals surface area contributed by atoms with Crippen molar-refractivity contribution in [1.29, 1.82) is 0 Å². The fourth-order valence-electron chi connectivity index (χ4n) is 2.01. The van der Waals surface area contributed by atoms with Crippen molar-refractivity contribution in [3.63, 3.8) is 0 Å². The lowest BCUT2D eigenvalue weighted by Gasteiger charge is -2.46. The first-order valence-electron chi connectivity index (χ1n) is 4.58. The molecule has 2 aliphatic heterocycles. The first-order chi connectivity index (χ1) is 6.48. The van der Waals surface area contributed by atoms with Crippen LogP contribution in [0.1, 0.15) is 6.42 Å². The Hall–Kier alpha value is -0.780. The monoisotopic (exact) mass is 208 g/mol. The second-order valence-electron chi connectivity index (χ2n) is 3.81. The number of hydrogen-bond donors (Lipinski definition) is 1. The molecule has 2 heterocycles. The summed E-state index contributed by atoms with van der Waals surface area (Å²) in [5, 5.41) is 3.13. The van der Waals surface area contributed by atoms with Crippen LogP contribution in [0.5, 0.6) is 0 Å². The number of amides is 1. The second kappa shape index (κ2) is 3.12. The molecule has 14 heavy (non-hydrogen) atoms. The largest absolute Gasteiger partial charge is 0.471 e. The van der Waals surface area contributed by atoms with Crippen molar-refractivity contribution in [1.82, 2.24) is 10.2 Å². The molecule has 2 fully saturated rings. The van der Waals surface area contributed by atoms with Crippen LogP contribution >= 0.6 is 0 Å². The maximum Gasteiger partial charge on any atom is 0.471 e. The van der Waals surface area contributed by atoms with Crippen LogP contribution in [0.4, 0.5) is 13.2 Å². The molecule has 0 spiro atoms. The lowest BCUT2D eigenvalue weighted by Crippen LogP contribution is -2.63. The van der Waals surface area contributed by atoms with Gasteiger partial charge in [0.25, 0.3) is 0 Å². The minimum absolute atomic E-state index is 0.215. The number of fused-ring (bicyclic) bond motifs is 1. The third-order valence-corrected chi connectivity index (χ3v) is 2.91. The quantitative estimate of drug-likeness (QED) is 0.623. The summed E-state index contributed by atoms with van der Waals surface area (Å²) in [5.41, 5.74) is 0. The van der Waals surface area contributed by atoms with Gasteiger partial charge in [-0.2, -0.15) is 13.2 Å². The molecule has 3 nitrogen and oxygen atoms in total. The molecule has 2 rings (SSSR count). The Kier molecular flexibility index (Phi) is 2.17. The Labute approximate surface area is 79.3 Å². The molecular weight excluding hydrogens is 197 g/mol. The van der Waals surface area contributed by atoms with Gasteiger partial charge in [-0.15, -0.1) is 0 Å². The standard InChI is InChI=1S/C8H11F3N2O/c9-8(10,11)7(14)13-2-1-6-5(4-13)3-12-6/h5-6,12H,1-4H2. The lowest BCUT2D eigenvalue weighted by atomic mass is 9.85. The van der Waals surface area contributed by atoms with Gasteiger partial charge >= 0.3 is 12.1 Å². The van der Waals surface area contributed by atoms with Crippen LogP contribution in [0, 0.1) is 5.92 Å². The molecule has 0 aromatic heterocycles. The third kappa shape index (κ3) is 1.58. The highest BCUT2D eigenvalue weighted by Crippen LogP contribution is 2.27. The molecular formula is C8H11F3N2O. The molecule has 0 saturated carbocycles. The Morgan fingerprint density at radius 3 is 2.57 bits per heavy atom. The first-order valence-corrected chi connectivity index (χ1v) is 4.58. The van der Waals surface area contributed by atoms with E-state index in [1.807, 2.05) is 0 Å². The van der Waals surface area contributed by atoms with Gasteiger partial charge in [0.1, 0.15) is 0 Å². The third-order valence-electron chi connectivity index (χ3n) is 2.91. The van der Waals surface area contributed by atoms with E-state index in [4.69, 9.17) is 0 Å². The number of halogens is 3. The molecule has 2 aliphatic rings. The van der Waals surface area contributed by atoms with Gasteiger partial charge in [0.2, 0.25) is 0 Å². The van der Waals surface area contributed by atoms with Crippen LogP contribution in [-0.2, 0) is 4.79 Å². The molecule has 80 valence electrons. The zero-order valence-corrected chi connectivity index (χ0v) is 7.47. The number of likely N-dealkylation sites (tertiary alicyclic amines) is 1. The fraction of sp³-hybridized carbons (Fsp3) is 0.875. The summed E-state index contributed by atoms with van der Waals surface area (Å²) in [6, 6.07) is 0.326. The number of nitrogens with zero attached hydrogens (tertiary/aromatic N) is 1. The van der Waals surface area contributed by atoms with Crippen molar-refractivity contribution in [3.05, 3.63) is 0 Å². The highest BCUT2D eigenvalue weighted by atomic mass is 19.4. The highest BCUT2D eigenvalue weighted by Gasteiger charge is 2.46.